The molecule has 0 radical (unpaired) electrons. The summed E-state index contributed by atoms with van der Waals surface area (Å²) in [5.41, 5.74) is 25.8. The van der Waals surface area contributed by atoms with Gasteiger partial charge in [-0.1, -0.05) is 145 Å². The van der Waals surface area contributed by atoms with Gasteiger partial charge in [0, 0.05) is 66.7 Å². The summed E-state index contributed by atoms with van der Waals surface area (Å²) in [7, 11) is 0. The normalized spacial score (nSPS) is 12.7. The lowest BCUT2D eigenvalue weighted by Crippen LogP contribution is -2.59. The average molecular weight is 1040 g/mol. The summed E-state index contributed by atoms with van der Waals surface area (Å²) in [5, 5.41) is 5.00. The average Bonchev–Trinajstić information content (AvgIpc) is 3.36. The van der Waals surface area contributed by atoms with Crippen molar-refractivity contribution in [2.75, 3.05) is 14.7 Å². The molecule has 0 spiro atoms. The van der Waals surface area contributed by atoms with Crippen molar-refractivity contribution in [1.82, 2.24) is 9.13 Å². The second-order valence-corrected chi connectivity index (χ2v) is 25.0. The summed E-state index contributed by atoms with van der Waals surface area (Å²) >= 11 is 1.87. The number of benzene rings is 9. The van der Waals surface area contributed by atoms with E-state index in [2.05, 4.69) is 299 Å². The first-order chi connectivity index (χ1) is 38.2. The lowest BCUT2D eigenvalue weighted by molar-refractivity contribution is 0.590. The maximum absolute atomic E-state index is 2.63. The van der Waals surface area contributed by atoms with Crippen molar-refractivity contribution in [3.8, 4) is 11.4 Å². The molecule has 5 heterocycles. The molecule has 0 bridgehead atoms. The van der Waals surface area contributed by atoms with Gasteiger partial charge in [0.2, 0.25) is 0 Å². The number of thiophene rings is 1. The number of aryl methyl sites for hydroxylation is 2. The molecule has 0 N–H and O–H groups in total. The largest absolute Gasteiger partial charge is 0.314 e. The van der Waals surface area contributed by atoms with Gasteiger partial charge in [-0.2, -0.15) is 0 Å². The second kappa shape index (κ2) is 18.0. The van der Waals surface area contributed by atoms with Crippen molar-refractivity contribution in [2.24, 2.45) is 0 Å². The third-order valence-electron chi connectivity index (χ3n) is 17.2. The zero-order chi connectivity index (χ0) is 54.2. The zero-order valence-electron chi connectivity index (χ0n) is 46.9. The fourth-order valence-electron chi connectivity index (χ4n) is 13.1. The van der Waals surface area contributed by atoms with Crippen LogP contribution in [0.1, 0.15) is 75.2 Å². The van der Waals surface area contributed by atoms with E-state index >= 15 is 0 Å². The first kappa shape index (κ1) is 48.8. The van der Waals surface area contributed by atoms with Crippen LogP contribution >= 0.6 is 11.3 Å². The van der Waals surface area contributed by atoms with Crippen LogP contribution in [0.2, 0.25) is 0 Å². The highest BCUT2D eigenvalue weighted by Crippen LogP contribution is 2.50. The minimum absolute atomic E-state index is 0.00535. The van der Waals surface area contributed by atoms with E-state index in [-0.39, 0.29) is 17.5 Å². The van der Waals surface area contributed by atoms with E-state index in [9.17, 15) is 0 Å². The number of hydrogen-bond acceptors (Lipinski definition) is 4. The zero-order valence-corrected chi connectivity index (χ0v) is 47.7. The van der Waals surface area contributed by atoms with Crippen LogP contribution in [-0.4, -0.2) is 15.8 Å². The molecule has 0 saturated carbocycles. The molecule has 0 unspecified atom stereocenters. The topological polar surface area (TPSA) is 19.6 Å². The van der Waals surface area contributed by atoms with Crippen LogP contribution < -0.4 is 31.1 Å². The summed E-state index contributed by atoms with van der Waals surface area (Å²) in [6.45, 7) is 23.2. The summed E-state index contributed by atoms with van der Waals surface area (Å²) in [6.07, 6.45) is 0. The first-order valence-electron chi connectivity index (χ1n) is 27.9. The molecule has 0 saturated heterocycles. The molecule has 7 heteroatoms. The van der Waals surface area contributed by atoms with Gasteiger partial charge < -0.3 is 23.8 Å². The smallest absolute Gasteiger partial charge is 0.252 e. The molecule has 3 aromatic heterocycles. The van der Waals surface area contributed by atoms with Crippen molar-refractivity contribution in [2.45, 2.75) is 80.1 Å². The second-order valence-electron chi connectivity index (χ2n) is 23.9. The fourth-order valence-corrected chi connectivity index (χ4v) is 14.1. The van der Waals surface area contributed by atoms with Gasteiger partial charge in [0.25, 0.3) is 6.71 Å². The summed E-state index contributed by atoms with van der Waals surface area (Å²) < 4.78 is 6.54. The van der Waals surface area contributed by atoms with Crippen LogP contribution in [0.4, 0.5) is 50.5 Å². The predicted octanol–water partition coefficient (Wildman–Crippen LogP) is 18.2. The van der Waals surface area contributed by atoms with Crippen molar-refractivity contribution in [3.05, 3.63) is 240 Å². The van der Waals surface area contributed by atoms with Gasteiger partial charge >= 0.3 is 0 Å². The molecule has 386 valence electrons. The van der Waals surface area contributed by atoms with Crippen molar-refractivity contribution in [1.29, 1.82) is 0 Å². The van der Waals surface area contributed by atoms with Crippen molar-refractivity contribution in [3.63, 3.8) is 0 Å². The molecule has 79 heavy (non-hydrogen) atoms. The van der Waals surface area contributed by atoms with Gasteiger partial charge in [-0.15, -0.1) is 11.3 Å². The Morgan fingerprint density at radius 1 is 0.392 bits per heavy atom. The van der Waals surface area contributed by atoms with Crippen molar-refractivity contribution < 1.29 is 0 Å². The Kier molecular flexibility index (Phi) is 11.1. The molecule has 9 aromatic carbocycles. The van der Waals surface area contributed by atoms with Gasteiger partial charge in [0.15, 0.2) is 0 Å². The molecule has 0 aliphatic carbocycles. The van der Waals surface area contributed by atoms with E-state index in [0.717, 1.165) is 34.1 Å². The highest BCUT2D eigenvalue weighted by atomic mass is 32.1. The van der Waals surface area contributed by atoms with Crippen LogP contribution in [0.15, 0.2) is 206 Å². The lowest BCUT2D eigenvalue weighted by Gasteiger charge is -2.37. The molecular formula is C72H64BN5S. The van der Waals surface area contributed by atoms with E-state index in [1.54, 1.807) is 0 Å². The Balaban J connectivity index is 1.10. The monoisotopic (exact) mass is 1040 g/mol. The molecule has 12 aromatic rings. The molecule has 2 aliphatic rings. The maximum Gasteiger partial charge on any atom is 0.252 e. The summed E-state index contributed by atoms with van der Waals surface area (Å²) in [4.78, 5) is 7.45. The highest BCUT2D eigenvalue weighted by Gasteiger charge is 2.43. The minimum atomic E-state index is -0.0574. The predicted molar refractivity (Wildman–Crippen MR) is 341 cm³/mol. The number of aromatic nitrogens is 2. The van der Waals surface area contributed by atoms with E-state index < -0.39 is 0 Å². The van der Waals surface area contributed by atoms with Crippen LogP contribution in [0.25, 0.3) is 43.3 Å². The van der Waals surface area contributed by atoms with Crippen LogP contribution in [0.3, 0.4) is 0 Å². The Morgan fingerprint density at radius 2 is 0.797 bits per heavy atom. The standard InChI is InChI=1S/C72H64BN5S/c1-45-47(3)74-62-43-57(78(56-34-31-50(32-35-56)71(5,6)7)65-42-49-41-51(72(8,9)10)33-40-64(49)79-65)44-63-68(62)73(58-36-38-60(66(45)69(58)74)76(52-23-15-11-16-24-52)53-25-17-12-18-26-53)59-37-39-61(67-46(2)48(4)75(63)70(59)67)77(54-27-19-13-20-28-54)55-29-21-14-22-30-55/h11-44H,1-10H3. The van der Waals surface area contributed by atoms with E-state index in [0.29, 0.717) is 0 Å². The molecule has 0 fully saturated rings. The number of rotatable bonds is 9. The first-order valence-corrected chi connectivity index (χ1v) is 28.7. The van der Waals surface area contributed by atoms with Gasteiger partial charge in [-0.05, 0) is 186 Å². The molecule has 0 atom stereocenters. The molecular weight excluding hydrogens is 978 g/mol. The highest BCUT2D eigenvalue weighted by molar-refractivity contribution is 7.23. The number of anilines is 9. The minimum Gasteiger partial charge on any atom is -0.314 e. The Morgan fingerprint density at radius 3 is 1.22 bits per heavy atom. The Labute approximate surface area is 469 Å². The van der Waals surface area contributed by atoms with Crippen LogP contribution in [0.5, 0.6) is 0 Å². The van der Waals surface area contributed by atoms with Gasteiger partial charge in [0.05, 0.1) is 28.1 Å². The van der Waals surface area contributed by atoms with Gasteiger partial charge in [0.1, 0.15) is 5.00 Å². The molecule has 2 aliphatic heterocycles. The number of fused-ring (bicyclic) bond motifs is 5. The number of para-hydroxylation sites is 4. The fraction of sp³-hybridized carbons (Fsp3) is 0.167. The SMILES string of the molecule is Cc1c(C)n2c3c(ccc(N(c4ccccc4)c4ccccc4)c13)B1c3c-2cc(N(c2ccc(C(C)(C)C)cc2)c2cc4cc(C(C)(C)C)ccc4s2)cc3-n2c(C)c(C)c3c(N(c4ccccc4)c4ccccc4)ccc1c32. The molecule has 0 amide bonds. The van der Waals surface area contributed by atoms with Crippen LogP contribution in [0, 0.1) is 27.7 Å². The summed E-state index contributed by atoms with van der Waals surface area (Å²) in [5.74, 6) is 0. The summed E-state index contributed by atoms with van der Waals surface area (Å²) in [6, 6.07) is 77.2. The van der Waals surface area contributed by atoms with E-state index in [4.69, 9.17) is 0 Å². The third-order valence-corrected chi connectivity index (χ3v) is 18.3. The van der Waals surface area contributed by atoms with Crippen LogP contribution in [-0.2, 0) is 10.8 Å². The van der Waals surface area contributed by atoms with E-state index in [1.165, 1.54) is 110 Å². The van der Waals surface area contributed by atoms with E-state index in [1.807, 2.05) is 11.3 Å². The maximum atomic E-state index is 2.63. The van der Waals surface area contributed by atoms with Gasteiger partial charge in [-0.3, -0.25) is 0 Å². The number of hydrogen-bond donors (Lipinski definition) is 0. The Bertz CT molecular complexity index is 4090. The quantitative estimate of drug-likeness (QED) is 0.134. The lowest BCUT2D eigenvalue weighted by atomic mass is 9.34. The Hall–Kier alpha value is -8.52. The number of nitrogens with zero attached hydrogens (tertiary/aromatic N) is 5. The van der Waals surface area contributed by atoms with Crippen molar-refractivity contribution >= 4 is 117 Å². The van der Waals surface area contributed by atoms with Gasteiger partial charge in [-0.25, -0.2) is 0 Å². The third kappa shape index (κ3) is 7.57. The molecule has 5 nitrogen and oxygen atoms in total. The molecule has 14 rings (SSSR count).